The maximum Gasteiger partial charge on any atom is 0 e. The van der Waals surface area contributed by atoms with Gasteiger partial charge >= 0.3 is 0 Å². The largest absolute Gasteiger partial charge is 1.00 e. The number of hydrogen-bond donors (Lipinski definition) is 0. The molecule has 0 aromatic heterocycles. The molecule has 0 aliphatic rings. The molecule has 0 saturated carbocycles. The average Bonchev–Trinajstić information content (AvgIpc) is 0. The van der Waals surface area contributed by atoms with E-state index in [-0.39, 0.29) is 80.7 Å². The number of rotatable bonds is 0. The van der Waals surface area contributed by atoms with Gasteiger partial charge in [-0.15, -0.1) is 0 Å². The molecular formula is H12IN6Os-7. The zero-order valence-corrected chi connectivity index (χ0v) is 8.89. The molecule has 64 valence electrons. The maximum atomic E-state index is 0. The Balaban J connectivity index is 0. The van der Waals surface area contributed by atoms with E-state index in [0.29, 0.717) is 0 Å². The molecule has 0 aliphatic heterocycles. The number of nitrogens with two attached hydrogens (primary N) is 6. The van der Waals surface area contributed by atoms with Gasteiger partial charge in [0.1, 0.15) is 0 Å². The summed E-state index contributed by atoms with van der Waals surface area (Å²) in [5, 5.41) is 0. The van der Waals surface area contributed by atoms with Gasteiger partial charge in [-0.3, -0.25) is 0 Å². The van der Waals surface area contributed by atoms with E-state index in [1.165, 1.54) is 0 Å². The van der Waals surface area contributed by atoms with Gasteiger partial charge in [0.15, 0.2) is 0 Å². The maximum absolute atomic E-state index is 0. The van der Waals surface area contributed by atoms with E-state index in [1.807, 2.05) is 0 Å². The third kappa shape index (κ3) is 211. The van der Waals surface area contributed by atoms with Gasteiger partial charge in [0.05, 0.1) is 0 Å². The smallest absolute Gasteiger partial charge is 0 e. The van der Waals surface area contributed by atoms with Gasteiger partial charge < -0.3 is 60.9 Å². The van der Waals surface area contributed by atoms with E-state index >= 15 is 0 Å². The Labute approximate surface area is 80.5 Å². The molecule has 0 rings (SSSR count). The monoisotopic (exact) mass is 415 g/mol. The zero-order valence-electron chi connectivity index (χ0n) is 4.20. The Kier molecular flexibility index (Phi) is 19300. The summed E-state index contributed by atoms with van der Waals surface area (Å²) in [6.45, 7) is 0. The third-order valence-corrected chi connectivity index (χ3v) is 0. The molecule has 0 unspecified atom stereocenters. The first-order valence-electron chi connectivity index (χ1n) is 0. The van der Waals surface area contributed by atoms with Gasteiger partial charge in [-0.25, -0.2) is 0 Å². The Hall–Kier alpha value is 1.13. The van der Waals surface area contributed by atoms with Crippen LogP contribution in [0, 0.1) is 0 Å². The molecule has 12 N–H and O–H groups in total. The summed E-state index contributed by atoms with van der Waals surface area (Å²) >= 11 is 0. The molecule has 0 amide bonds. The van der Waals surface area contributed by atoms with Gasteiger partial charge in [0, 0.05) is 19.8 Å². The van der Waals surface area contributed by atoms with E-state index in [9.17, 15) is 0 Å². The Morgan fingerprint density at radius 3 is 0.375 bits per heavy atom. The van der Waals surface area contributed by atoms with Crippen molar-refractivity contribution in [1.29, 1.82) is 0 Å². The zero-order chi connectivity index (χ0) is 0. The van der Waals surface area contributed by atoms with Crippen LogP contribution in [-0.4, -0.2) is 0 Å². The van der Waals surface area contributed by atoms with Crippen LogP contribution in [0.2, 0.25) is 0 Å². The second kappa shape index (κ2) is 325. The summed E-state index contributed by atoms with van der Waals surface area (Å²) in [5.41, 5.74) is 0. The molecule has 6 nitrogen and oxygen atoms in total. The van der Waals surface area contributed by atoms with Crippen molar-refractivity contribution < 1.29 is 43.8 Å². The minimum Gasteiger partial charge on any atom is -1.00 e. The van der Waals surface area contributed by atoms with Gasteiger partial charge in [0.25, 0.3) is 0 Å². The Morgan fingerprint density at radius 2 is 0.375 bits per heavy atom. The molecular weight excluding hydrogens is 401 g/mol. The molecule has 0 heterocycles. The van der Waals surface area contributed by atoms with E-state index in [1.54, 1.807) is 0 Å². The second-order valence-corrected chi connectivity index (χ2v) is 0. The molecule has 0 bridgehead atoms. The van der Waals surface area contributed by atoms with Crippen LogP contribution < -0.4 is 24.0 Å². The van der Waals surface area contributed by atoms with Crippen LogP contribution in [0.3, 0.4) is 0 Å². The summed E-state index contributed by atoms with van der Waals surface area (Å²) in [4.78, 5) is 0. The van der Waals surface area contributed by atoms with Gasteiger partial charge in [-0.2, -0.15) is 0 Å². The predicted octanol–water partition coefficient (Wildman–Crippen LogP) is 1.30. The summed E-state index contributed by atoms with van der Waals surface area (Å²) in [6.07, 6.45) is 0. The van der Waals surface area contributed by atoms with Crippen molar-refractivity contribution in [3.05, 3.63) is 36.9 Å². The quantitative estimate of drug-likeness (QED) is 0.516. The third-order valence-electron chi connectivity index (χ3n) is 0. The van der Waals surface area contributed by atoms with E-state index in [4.69, 9.17) is 0 Å². The van der Waals surface area contributed by atoms with Crippen molar-refractivity contribution in [1.82, 2.24) is 0 Å². The molecule has 0 aromatic carbocycles. The molecule has 0 aliphatic carbocycles. The van der Waals surface area contributed by atoms with Gasteiger partial charge in [0.2, 0.25) is 0 Å². The van der Waals surface area contributed by atoms with Gasteiger partial charge in [-0.1, -0.05) is 0 Å². The SMILES string of the molecule is [I-].[NH2-].[NH2-].[NH2-].[NH2-].[NH2-].[NH2-].[Os]. The predicted molar refractivity (Wildman–Crippen MR) is 31.7 cm³/mol. The fourth-order valence-electron chi connectivity index (χ4n) is 0. The van der Waals surface area contributed by atoms with Crippen LogP contribution in [0.25, 0.3) is 36.9 Å². The first-order valence-corrected chi connectivity index (χ1v) is 0. The van der Waals surface area contributed by atoms with Gasteiger partial charge in [-0.05, 0) is 0 Å². The average molecular weight is 413 g/mol. The normalized spacial score (nSPS) is 0. The van der Waals surface area contributed by atoms with Crippen LogP contribution in [-0.2, 0) is 19.8 Å². The standard InChI is InChI=1S/HI.6H2N.Os/h1H;6*1H2;/q;6*-1;/p-1. The summed E-state index contributed by atoms with van der Waals surface area (Å²) in [6, 6.07) is 0. The van der Waals surface area contributed by atoms with Crippen molar-refractivity contribution in [2.45, 2.75) is 0 Å². The van der Waals surface area contributed by atoms with Crippen molar-refractivity contribution in [2.24, 2.45) is 0 Å². The first kappa shape index (κ1) is 475. The Morgan fingerprint density at radius 1 is 0.375 bits per heavy atom. The van der Waals surface area contributed by atoms with Crippen LogP contribution in [0.15, 0.2) is 0 Å². The van der Waals surface area contributed by atoms with Crippen LogP contribution >= 0.6 is 0 Å². The molecule has 0 spiro atoms. The van der Waals surface area contributed by atoms with Crippen molar-refractivity contribution in [3.63, 3.8) is 0 Å². The molecule has 0 aromatic rings. The summed E-state index contributed by atoms with van der Waals surface area (Å²) in [7, 11) is 0. The minimum atomic E-state index is 0. The second-order valence-electron chi connectivity index (χ2n) is 0. The van der Waals surface area contributed by atoms with Crippen molar-refractivity contribution >= 4 is 0 Å². The minimum absolute atomic E-state index is 0. The molecule has 0 saturated heterocycles. The molecule has 8 heteroatoms. The number of halogens is 1. The van der Waals surface area contributed by atoms with Crippen molar-refractivity contribution in [3.8, 4) is 0 Å². The number of hydrogen-bond acceptors (Lipinski definition) is 0. The van der Waals surface area contributed by atoms with Crippen LogP contribution in [0.1, 0.15) is 0 Å². The van der Waals surface area contributed by atoms with Crippen molar-refractivity contribution in [2.75, 3.05) is 0 Å². The van der Waals surface area contributed by atoms with E-state index in [0.717, 1.165) is 0 Å². The molecule has 0 fully saturated rings. The molecule has 8 heavy (non-hydrogen) atoms. The molecule has 0 atom stereocenters. The van der Waals surface area contributed by atoms with Crippen LogP contribution in [0.5, 0.6) is 0 Å². The summed E-state index contributed by atoms with van der Waals surface area (Å²) < 4.78 is 0. The van der Waals surface area contributed by atoms with E-state index < -0.39 is 0 Å². The van der Waals surface area contributed by atoms with E-state index in [2.05, 4.69) is 0 Å². The summed E-state index contributed by atoms with van der Waals surface area (Å²) in [5.74, 6) is 0. The van der Waals surface area contributed by atoms with Crippen LogP contribution in [0.4, 0.5) is 0 Å². The first-order chi connectivity index (χ1) is 0. The topological polar surface area (TPSA) is 201 Å². The Bertz CT molecular complexity index is 8.49. The fourth-order valence-corrected chi connectivity index (χ4v) is 0. The fraction of sp³-hybridized carbons (Fsp3) is 0. The molecule has 0 radical (unpaired) electrons.